The predicted molar refractivity (Wildman–Crippen MR) is 225 cm³/mol. The number of carbonyl (C=O) groups is 2. The molecule has 16 nitrogen and oxygen atoms in total. The zero-order chi connectivity index (χ0) is 41.9. The second-order valence-corrected chi connectivity index (χ2v) is 15.8. The number of hydrogen-bond donors (Lipinski definition) is 6. The van der Waals surface area contributed by atoms with Crippen LogP contribution in [-0.2, 0) is 29.7 Å². The first-order valence-electron chi connectivity index (χ1n) is 18.1. The van der Waals surface area contributed by atoms with Crippen LogP contribution in [0.25, 0.3) is 10.8 Å². The first-order valence-corrected chi connectivity index (χ1v) is 20.0. The van der Waals surface area contributed by atoms with Crippen molar-refractivity contribution in [3.05, 3.63) is 90.6 Å². The van der Waals surface area contributed by atoms with E-state index in [4.69, 9.17) is 28.8 Å². The zero-order valence-electron chi connectivity index (χ0n) is 33.1. The average molecular weight is 817 g/mol. The fourth-order valence-electron chi connectivity index (χ4n) is 5.75. The fraction of sp³-hybridized carbons (Fsp3) is 0.293. The first-order chi connectivity index (χ1) is 27.6. The maximum atomic E-state index is 13.5. The highest BCUT2D eigenvalue weighted by Gasteiger charge is 2.22. The Morgan fingerprint density at radius 3 is 2.19 bits per heavy atom. The monoisotopic (exact) mass is 816 g/mol. The lowest BCUT2D eigenvalue weighted by Crippen LogP contribution is -2.22. The summed E-state index contributed by atoms with van der Waals surface area (Å²) in [6, 6.07) is 22.9. The van der Waals surface area contributed by atoms with E-state index in [0.717, 1.165) is 22.9 Å². The van der Waals surface area contributed by atoms with E-state index in [9.17, 15) is 18.0 Å². The zero-order valence-corrected chi connectivity index (χ0v) is 33.9. The number of fused-ring (bicyclic) bond motifs is 1. The molecule has 0 aliphatic heterocycles. The maximum absolute atomic E-state index is 13.5. The van der Waals surface area contributed by atoms with Gasteiger partial charge in [-0.2, -0.15) is 0 Å². The molecule has 1 aromatic heterocycles. The molecular formula is C41H48N6O10S. The minimum Gasteiger partial charge on any atom is -0.497 e. The fourth-order valence-corrected chi connectivity index (χ4v) is 6.30. The summed E-state index contributed by atoms with van der Waals surface area (Å²) in [6.45, 7) is 6.91. The molecule has 0 radical (unpaired) electrons. The van der Waals surface area contributed by atoms with Crippen LogP contribution in [0.5, 0.6) is 23.0 Å². The molecule has 0 aliphatic carbocycles. The predicted octanol–water partition coefficient (Wildman–Crippen LogP) is 7.63. The van der Waals surface area contributed by atoms with Crippen LogP contribution in [0.4, 0.5) is 39.0 Å². The van der Waals surface area contributed by atoms with Gasteiger partial charge in [0.1, 0.15) is 29.7 Å². The van der Waals surface area contributed by atoms with Crippen molar-refractivity contribution < 1.29 is 46.8 Å². The minimum atomic E-state index is -3.65. The Labute approximate surface area is 337 Å². The van der Waals surface area contributed by atoms with Crippen LogP contribution in [0.15, 0.2) is 85.1 Å². The quantitative estimate of drug-likeness (QED) is 0.0444. The Balaban J connectivity index is 1.28. The third-order valence-electron chi connectivity index (χ3n) is 8.38. The van der Waals surface area contributed by atoms with Crippen LogP contribution in [0.3, 0.4) is 0 Å². The van der Waals surface area contributed by atoms with Gasteiger partial charge in [0.15, 0.2) is 5.75 Å². The topological polar surface area (TPSA) is 208 Å². The highest BCUT2D eigenvalue weighted by Crippen LogP contribution is 2.40. The summed E-state index contributed by atoms with van der Waals surface area (Å²) >= 11 is 0. The Bertz CT molecular complexity index is 2350. The average Bonchev–Trinajstić information content (AvgIpc) is 3.15. The van der Waals surface area contributed by atoms with E-state index < -0.39 is 22.0 Å². The number of anilines is 6. The molecule has 58 heavy (non-hydrogen) atoms. The number of pyridine rings is 1. The molecule has 0 spiro atoms. The molecule has 6 N–H and O–H groups in total. The lowest BCUT2D eigenvalue weighted by Gasteiger charge is -2.24. The van der Waals surface area contributed by atoms with Crippen LogP contribution in [0.2, 0.25) is 0 Å². The SMILES string of the molecule is COc1cc(NCCOCCOCC(=O)O)cc(Nc2cc(Oc3ccc(NC(=O)Nc4cc(C(C)(C)C)cc(NS(C)(=O)=O)c4OC)c4ccccc34)ccn2)c1. The van der Waals surface area contributed by atoms with Crippen LogP contribution < -0.4 is 40.2 Å². The number of nitrogens with one attached hydrogen (secondary N) is 5. The number of nitrogens with zero attached hydrogens (tertiary/aromatic N) is 1. The van der Waals surface area contributed by atoms with Gasteiger partial charge < -0.3 is 50.1 Å². The molecule has 5 rings (SSSR count). The van der Waals surface area contributed by atoms with Crippen molar-refractivity contribution in [2.45, 2.75) is 26.2 Å². The summed E-state index contributed by atoms with van der Waals surface area (Å²) in [6.07, 6.45) is 2.67. The van der Waals surface area contributed by atoms with Gasteiger partial charge in [-0.3, -0.25) is 4.72 Å². The molecular weight excluding hydrogens is 769 g/mol. The molecule has 0 aliphatic rings. The first kappa shape index (κ1) is 42.8. The molecule has 0 bridgehead atoms. The van der Waals surface area contributed by atoms with Gasteiger partial charge in [-0.05, 0) is 47.4 Å². The molecule has 0 unspecified atom stereocenters. The third-order valence-corrected chi connectivity index (χ3v) is 8.97. The van der Waals surface area contributed by atoms with Gasteiger partial charge in [0.05, 0.1) is 57.4 Å². The maximum Gasteiger partial charge on any atom is 0.329 e. The lowest BCUT2D eigenvalue weighted by atomic mass is 9.86. The molecule has 17 heteroatoms. The largest absolute Gasteiger partial charge is 0.497 e. The standard InChI is InChI=1S/C41H48N6O10S/c1-41(2,3)26-19-34(39(54-5)35(20-26)47-58(6,51)52)46-40(50)45-33-11-12-36(32-10-8-7-9-31(32)33)57-29-13-14-43-37(24-29)44-28-21-27(22-30(23-28)53-4)42-15-16-55-17-18-56-25-38(48)49/h7-14,19-24,42,47H,15-18,25H2,1-6H3,(H,43,44)(H,48,49)(H2,45,46,50). The van der Waals surface area contributed by atoms with Gasteiger partial charge in [-0.15, -0.1) is 0 Å². The Morgan fingerprint density at radius 2 is 1.48 bits per heavy atom. The summed E-state index contributed by atoms with van der Waals surface area (Å²) < 4.78 is 54.7. The molecule has 1 heterocycles. The van der Waals surface area contributed by atoms with Crippen molar-refractivity contribution in [2.24, 2.45) is 0 Å². The van der Waals surface area contributed by atoms with Gasteiger partial charge in [0.25, 0.3) is 0 Å². The highest BCUT2D eigenvalue weighted by molar-refractivity contribution is 7.92. The van der Waals surface area contributed by atoms with Gasteiger partial charge in [0, 0.05) is 53.1 Å². The van der Waals surface area contributed by atoms with E-state index in [1.54, 1.807) is 49.7 Å². The van der Waals surface area contributed by atoms with Gasteiger partial charge in [0.2, 0.25) is 10.0 Å². The van der Waals surface area contributed by atoms with Crippen molar-refractivity contribution in [1.29, 1.82) is 0 Å². The molecule has 0 atom stereocenters. The second kappa shape index (κ2) is 19.2. The molecule has 0 saturated carbocycles. The number of aliphatic carboxylic acids is 1. The smallest absolute Gasteiger partial charge is 0.329 e. The number of rotatable bonds is 19. The molecule has 4 aromatic carbocycles. The number of carboxylic acid groups (broad SMARTS) is 1. The van der Waals surface area contributed by atoms with E-state index >= 15 is 0 Å². The number of carbonyl (C=O) groups excluding carboxylic acids is 1. The van der Waals surface area contributed by atoms with Crippen LogP contribution in [0, 0.1) is 0 Å². The summed E-state index contributed by atoms with van der Waals surface area (Å²) in [5.41, 5.74) is 2.89. The number of ether oxygens (including phenoxy) is 5. The molecule has 0 fully saturated rings. The van der Waals surface area contributed by atoms with E-state index in [0.29, 0.717) is 53.0 Å². The number of amides is 2. The van der Waals surface area contributed by atoms with E-state index in [1.165, 1.54) is 7.11 Å². The van der Waals surface area contributed by atoms with Gasteiger partial charge in [-0.25, -0.2) is 23.0 Å². The normalized spacial score (nSPS) is 11.4. The summed E-state index contributed by atoms with van der Waals surface area (Å²) in [5.74, 6) is 1.32. The van der Waals surface area contributed by atoms with E-state index in [-0.39, 0.29) is 42.4 Å². The molecule has 308 valence electrons. The van der Waals surface area contributed by atoms with Crippen molar-refractivity contribution in [1.82, 2.24) is 4.98 Å². The van der Waals surface area contributed by atoms with Crippen molar-refractivity contribution in [3.63, 3.8) is 0 Å². The number of aromatic nitrogens is 1. The van der Waals surface area contributed by atoms with Crippen molar-refractivity contribution >= 4 is 67.1 Å². The third kappa shape index (κ3) is 12.3. The van der Waals surface area contributed by atoms with Crippen LogP contribution in [0.1, 0.15) is 26.3 Å². The van der Waals surface area contributed by atoms with E-state index in [2.05, 4.69) is 31.0 Å². The van der Waals surface area contributed by atoms with Gasteiger partial charge in [-0.1, -0.05) is 45.0 Å². The van der Waals surface area contributed by atoms with E-state index in [1.807, 2.05) is 63.2 Å². The summed E-state index contributed by atoms with van der Waals surface area (Å²) in [7, 11) is -0.669. The number of benzene rings is 4. The highest BCUT2D eigenvalue weighted by atomic mass is 32.2. The van der Waals surface area contributed by atoms with Crippen molar-refractivity contribution in [2.75, 3.05) is 79.4 Å². The Hall–Kier alpha value is -6.30. The van der Waals surface area contributed by atoms with Crippen LogP contribution >= 0.6 is 0 Å². The number of sulfonamides is 1. The number of methoxy groups -OCH3 is 2. The van der Waals surface area contributed by atoms with Crippen LogP contribution in [-0.4, -0.2) is 84.0 Å². The number of hydrogen-bond acceptors (Lipinski definition) is 12. The van der Waals surface area contributed by atoms with Crippen molar-refractivity contribution in [3.8, 4) is 23.0 Å². The summed E-state index contributed by atoms with van der Waals surface area (Å²) in [4.78, 5) is 28.5. The Morgan fingerprint density at radius 1 is 0.776 bits per heavy atom. The van der Waals surface area contributed by atoms with Gasteiger partial charge >= 0.3 is 12.0 Å². The molecule has 2 amide bonds. The number of urea groups is 1. The minimum absolute atomic E-state index is 0.165. The molecule has 5 aromatic rings. The number of carboxylic acids is 1. The Kier molecular flexibility index (Phi) is 14.2. The summed E-state index contributed by atoms with van der Waals surface area (Å²) in [5, 5.41) is 22.4. The molecule has 0 saturated heterocycles. The second-order valence-electron chi connectivity index (χ2n) is 14.0. The lowest BCUT2D eigenvalue weighted by molar-refractivity contribution is -0.142.